The Bertz CT molecular complexity index is 810. The Morgan fingerprint density at radius 1 is 0.957 bits per heavy atom. The fraction of sp³-hybridized carbons (Fsp3) is 0. The first kappa shape index (κ1) is 15.0. The van der Waals surface area contributed by atoms with E-state index in [-0.39, 0.29) is 11.6 Å². The van der Waals surface area contributed by atoms with Gasteiger partial charge in [0.2, 0.25) is 0 Å². The zero-order valence-electron chi connectivity index (χ0n) is 11.8. The minimum absolute atomic E-state index is 0.0213. The Balaban J connectivity index is 1.74. The third-order valence-electron chi connectivity index (χ3n) is 2.87. The molecule has 0 saturated heterocycles. The van der Waals surface area contributed by atoms with Gasteiger partial charge in [-0.2, -0.15) is 0 Å². The molecule has 7 heteroatoms. The Labute approximate surface area is 136 Å². The first-order chi connectivity index (χ1) is 11.2. The second kappa shape index (κ2) is 6.89. The lowest BCUT2D eigenvalue weighted by molar-refractivity contribution is -0.386. The largest absolute Gasteiger partial charge is 0.434 e. The van der Waals surface area contributed by atoms with E-state index in [1.807, 2.05) is 24.3 Å². The zero-order valence-corrected chi connectivity index (χ0v) is 12.6. The Kier molecular flexibility index (Phi) is 4.49. The molecule has 0 amide bonds. The van der Waals surface area contributed by atoms with Gasteiger partial charge in [-0.25, -0.2) is 4.98 Å². The summed E-state index contributed by atoms with van der Waals surface area (Å²) in [5.74, 6) is 0.470. The van der Waals surface area contributed by atoms with Crippen LogP contribution in [0.5, 0.6) is 11.6 Å². The lowest BCUT2D eigenvalue weighted by Gasteiger charge is -2.06. The predicted octanol–water partition coefficient (Wildman–Crippen LogP) is 4.33. The molecule has 0 aliphatic heterocycles. The van der Waals surface area contributed by atoms with Crippen molar-refractivity contribution in [3.05, 3.63) is 77.2 Å². The van der Waals surface area contributed by atoms with E-state index in [2.05, 4.69) is 9.97 Å². The van der Waals surface area contributed by atoms with Crippen molar-refractivity contribution in [3.63, 3.8) is 0 Å². The highest BCUT2D eigenvalue weighted by molar-refractivity contribution is 7.99. The molecule has 0 spiro atoms. The fourth-order valence-electron chi connectivity index (χ4n) is 1.83. The topological polar surface area (TPSA) is 78.2 Å². The number of nitrogens with zero attached hydrogens (tertiary/aromatic N) is 3. The Morgan fingerprint density at radius 3 is 2.35 bits per heavy atom. The number of nitro groups is 1. The molecule has 3 aromatic rings. The van der Waals surface area contributed by atoms with Crippen LogP contribution >= 0.6 is 11.8 Å². The first-order valence-electron chi connectivity index (χ1n) is 6.67. The first-order valence-corrected chi connectivity index (χ1v) is 7.49. The van der Waals surface area contributed by atoms with Gasteiger partial charge in [0.15, 0.2) is 0 Å². The van der Waals surface area contributed by atoms with Crippen molar-refractivity contribution in [2.45, 2.75) is 9.79 Å². The molecule has 23 heavy (non-hydrogen) atoms. The van der Waals surface area contributed by atoms with Gasteiger partial charge in [0.25, 0.3) is 5.88 Å². The van der Waals surface area contributed by atoms with Gasteiger partial charge in [0.1, 0.15) is 5.75 Å². The monoisotopic (exact) mass is 325 g/mol. The number of hydrogen-bond donors (Lipinski definition) is 0. The van der Waals surface area contributed by atoms with Crippen molar-refractivity contribution in [2.24, 2.45) is 0 Å². The van der Waals surface area contributed by atoms with Gasteiger partial charge in [-0.15, -0.1) is 0 Å². The molecule has 0 atom stereocenters. The molecule has 0 fully saturated rings. The van der Waals surface area contributed by atoms with E-state index >= 15 is 0 Å². The summed E-state index contributed by atoms with van der Waals surface area (Å²) in [6.45, 7) is 0. The van der Waals surface area contributed by atoms with Gasteiger partial charge in [-0.05, 0) is 42.5 Å². The smallest absolute Gasteiger partial charge is 0.331 e. The highest BCUT2D eigenvalue weighted by Crippen LogP contribution is 2.31. The van der Waals surface area contributed by atoms with E-state index in [0.717, 1.165) is 9.79 Å². The van der Waals surface area contributed by atoms with Crippen LogP contribution in [0.4, 0.5) is 5.69 Å². The molecule has 6 nitrogen and oxygen atoms in total. The van der Waals surface area contributed by atoms with Crippen molar-refractivity contribution in [3.8, 4) is 11.6 Å². The average Bonchev–Trinajstić information content (AvgIpc) is 2.58. The van der Waals surface area contributed by atoms with Crippen molar-refractivity contribution in [2.75, 3.05) is 0 Å². The second-order valence-electron chi connectivity index (χ2n) is 4.44. The lowest BCUT2D eigenvalue weighted by Crippen LogP contribution is -1.95. The summed E-state index contributed by atoms with van der Waals surface area (Å²) in [5.41, 5.74) is -0.164. The summed E-state index contributed by atoms with van der Waals surface area (Å²) < 4.78 is 5.50. The molecule has 0 unspecified atom stereocenters. The van der Waals surface area contributed by atoms with Crippen molar-refractivity contribution >= 4 is 17.4 Å². The maximum atomic E-state index is 10.9. The highest BCUT2D eigenvalue weighted by atomic mass is 32.2. The minimum atomic E-state index is -0.518. The lowest BCUT2D eigenvalue weighted by atomic mass is 10.3. The molecule has 0 bridgehead atoms. The third kappa shape index (κ3) is 3.83. The van der Waals surface area contributed by atoms with E-state index in [1.54, 1.807) is 36.3 Å². The summed E-state index contributed by atoms with van der Waals surface area (Å²) in [4.78, 5) is 20.4. The molecule has 1 aromatic carbocycles. The van der Waals surface area contributed by atoms with Gasteiger partial charge in [0, 0.05) is 34.4 Å². The minimum Gasteiger partial charge on any atom is -0.434 e. The molecule has 0 radical (unpaired) electrons. The van der Waals surface area contributed by atoms with Crippen LogP contribution in [0.1, 0.15) is 0 Å². The Morgan fingerprint density at radius 2 is 1.65 bits per heavy atom. The molecule has 0 N–H and O–H groups in total. The van der Waals surface area contributed by atoms with E-state index in [1.165, 1.54) is 18.3 Å². The van der Waals surface area contributed by atoms with E-state index in [0.29, 0.717) is 5.75 Å². The van der Waals surface area contributed by atoms with Gasteiger partial charge >= 0.3 is 5.69 Å². The van der Waals surface area contributed by atoms with Crippen LogP contribution in [0.3, 0.4) is 0 Å². The van der Waals surface area contributed by atoms with Crippen molar-refractivity contribution < 1.29 is 9.66 Å². The molecular weight excluding hydrogens is 314 g/mol. The van der Waals surface area contributed by atoms with Gasteiger partial charge in [-0.1, -0.05) is 11.8 Å². The molecule has 0 aliphatic rings. The molecule has 2 aromatic heterocycles. The maximum Gasteiger partial charge on any atom is 0.331 e. The number of ether oxygens (including phenoxy) is 1. The van der Waals surface area contributed by atoms with Gasteiger partial charge in [0.05, 0.1) is 4.92 Å². The van der Waals surface area contributed by atoms with Crippen LogP contribution in [0.25, 0.3) is 0 Å². The summed E-state index contributed by atoms with van der Waals surface area (Å²) in [5, 5.41) is 10.9. The van der Waals surface area contributed by atoms with Crippen LogP contribution in [-0.4, -0.2) is 14.9 Å². The predicted molar refractivity (Wildman–Crippen MR) is 85.8 cm³/mol. The Hall–Kier alpha value is -2.93. The number of benzene rings is 1. The molecule has 2 heterocycles. The number of pyridine rings is 2. The van der Waals surface area contributed by atoms with Crippen molar-refractivity contribution in [1.29, 1.82) is 0 Å². The fourth-order valence-corrected chi connectivity index (χ4v) is 2.63. The van der Waals surface area contributed by atoms with Crippen LogP contribution in [0.15, 0.2) is 76.9 Å². The maximum absolute atomic E-state index is 10.9. The normalized spacial score (nSPS) is 10.3. The van der Waals surface area contributed by atoms with E-state index in [9.17, 15) is 10.1 Å². The molecule has 0 aliphatic carbocycles. The summed E-state index contributed by atoms with van der Waals surface area (Å²) >= 11 is 1.59. The molecule has 114 valence electrons. The van der Waals surface area contributed by atoms with Crippen molar-refractivity contribution in [1.82, 2.24) is 9.97 Å². The van der Waals surface area contributed by atoms with Crippen LogP contribution < -0.4 is 4.74 Å². The van der Waals surface area contributed by atoms with Gasteiger partial charge in [-0.3, -0.25) is 15.1 Å². The second-order valence-corrected chi connectivity index (χ2v) is 5.59. The van der Waals surface area contributed by atoms with Crippen LogP contribution in [-0.2, 0) is 0 Å². The average molecular weight is 325 g/mol. The zero-order chi connectivity index (χ0) is 16.1. The van der Waals surface area contributed by atoms with Crippen LogP contribution in [0.2, 0.25) is 0 Å². The molecule has 3 rings (SSSR count). The van der Waals surface area contributed by atoms with Gasteiger partial charge < -0.3 is 4.74 Å². The molecular formula is C16H11N3O3S. The summed E-state index contributed by atoms with van der Waals surface area (Å²) in [6.07, 6.45) is 4.93. The number of aromatic nitrogens is 2. The number of rotatable bonds is 5. The quantitative estimate of drug-likeness (QED) is 0.513. The standard InChI is InChI=1S/C16H11N3O3S/c20-19(21)15-2-1-9-18-16(15)22-12-3-5-13(6-4-12)23-14-7-10-17-11-8-14/h1-11H. The SMILES string of the molecule is O=[N+]([O-])c1cccnc1Oc1ccc(Sc2ccncc2)cc1. The number of hydrogen-bond acceptors (Lipinski definition) is 6. The highest BCUT2D eigenvalue weighted by Gasteiger charge is 2.16. The van der Waals surface area contributed by atoms with E-state index < -0.39 is 4.92 Å². The van der Waals surface area contributed by atoms with Crippen LogP contribution in [0, 0.1) is 10.1 Å². The summed E-state index contributed by atoms with van der Waals surface area (Å²) in [7, 11) is 0. The third-order valence-corrected chi connectivity index (χ3v) is 3.89. The molecule has 0 saturated carbocycles. The summed E-state index contributed by atoms with van der Waals surface area (Å²) in [6, 6.07) is 14.0. The van der Waals surface area contributed by atoms with E-state index in [4.69, 9.17) is 4.74 Å².